The molecule has 1 aliphatic rings. The maximum atomic E-state index is 13.1. The molecule has 0 bridgehead atoms. The van der Waals surface area contributed by atoms with E-state index in [2.05, 4.69) is 0 Å². The number of aliphatic hydroxyl groups is 1. The van der Waals surface area contributed by atoms with E-state index >= 15 is 0 Å². The van der Waals surface area contributed by atoms with Crippen LogP contribution in [-0.2, 0) is 9.59 Å². The Hall–Kier alpha value is -3.19. The predicted molar refractivity (Wildman–Crippen MR) is 121 cm³/mol. The van der Waals surface area contributed by atoms with Crippen LogP contribution in [-0.4, -0.2) is 49.6 Å². The molecule has 7 nitrogen and oxygen atoms in total. The van der Waals surface area contributed by atoms with E-state index in [1.54, 1.807) is 30.3 Å². The summed E-state index contributed by atoms with van der Waals surface area (Å²) in [6, 6.07) is 9.06. The number of halogens is 1. The van der Waals surface area contributed by atoms with Gasteiger partial charge in [-0.1, -0.05) is 37.1 Å². The zero-order valence-corrected chi connectivity index (χ0v) is 19.2. The number of hydrogen-bond donors (Lipinski definition) is 1. The van der Waals surface area contributed by atoms with E-state index in [9.17, 15) is 14.7 Å². The van der Waals surface area contributed by atoms with Gasteiger partial charge in [0.2, 0.25) is 0 Å². The van der Waals surface area contributed by atoms with Crippen molar-refractivity contribution in [3.05, 3.63) is 58.1 Å². The molecule has 1 unspecified atom stereocenters. The van der Waals surface area contributed by atoms with E-state index in [0.29, 0.717) is 41.3 Å². The molecule has 8 heteroatoms. The van der Waals surface area contributed by atoms with Gasteiger partial charge in [-0.25, -0.2) is 0 Å². The Labute approximate surface area is 192 Å². The van der Waals surface area contributed by atoms with Gasteiger partial charge >= 0.3 is 0 Å². The minimum Gasteiger partial charge on any atom is -0.507 e. The number of unbranched alkanes of at least 4 members (excludes halogenated alkanes) is 1. The Balaban J connectivity index is 2.25. The lowest BCUT2D eigenvalue weighted by Crippen LogP contribution is -2.30. The summed E-state index contributed by atoms with van der Waals surface area (Å²) in [5, 5.41) is 11.4. The zero-order chi connectivity index (χ0) is 23.4. The fourth-order valence-electron chi connectivity index (χ4n) is 3.86. The summed E-state index contributed by atoms with van der Waals surface area (Å²) in [7, 11) is 4.48. The Bertz CT molecular complexity index is 1060. The fourth-order valence-corrected chi connectivity index (χ4v) is 4.12. The number of Topliss-reactive ketones (excluding diaryl/α,β-unsaturated/α-hetero) is 1. The van der Waals surface area contributed by atoms with Crippen LogP contribution in [0.15, 0.2) is 42.0 Å². The molecule has 0 saturated carbocycles. The van der Waals surface area contributed by atoms with E-state index < -0.39 is 17.7 Å². The monoisotopic (exact) mass is 459 g/mol. The largest absolute Gasteiger partial charge is 0.507 e. The van der Waals surface area contributed by atoms with Crippen LogP contribution in [0.2, 0.25) is 5.02 Å². The topological polar surface area (TPSA) is 85.3 Å². The van der Waals surface area contributed by atoms with Crippen LogP contribution in [0.3, 0.4) is 0 Å². The van der Waals surface area contributed by atoms with Gasteiger partial charge in [0.25, 0.3) is 11.7 Å². The first-order valence-corrected chi connectivity index (χ1v) is 10.6. The van der Waals surface area contributed by atoms with Gasteiger partial charge in [-0.2, -0.15) is 0 Å². The molecule has 2 aromatic rings. The number of hydrogen-bond acceptors (Lipinski definition) is 6. The van der Waals surface area contributed by atoms with E-state index in [1.165, 1.54) is 32.3 Å². The van der Waals surface area contributed by atoms with E-state index in [0.717, 1.165) is 6.42 Å². The van der Waals surface area contributed by atoms with Crippen molar-refractivity contribution in [3.8, 4) is 17.2 Å². The van der Waals surface area contributed by atoms with Crippen molar-refractivity contribution in [2.45, 2.75) is 25.8 Å². The SMILES string of the molecule is CCCCN1C(=O)C(=O)/C(=C(/O)c2ccc(OC)c(Cl)c2)C1c1cccc(OC)c1OC. The van der Waals surface area contributed by atoms with Gasteiger partial charge in [-0.05, 0) is 30.7 Å². The molecule has 1 N–H and O–H groups in total. The molecular formula is C24H26ClNO6. The average Bonchev–Trinajstić information content (AvgIpc) is 3.06. The van der Waals surface area contributed by atoms with Crippen molar-refractivity contribution in [1.29, 1.82) is 0 Å². The minimum atomic E-state index is -0.840. The van der Waals surface area contributed by atoms with Crippen molar-refractivity contribution >= 4 is 29.1 Å². The summed E-state index contributed by atoms with van der Waals surface area (Å²) in [6.07, 6.45) is 1.53. The summed E-state index contributed by atoms with van der Waals surface area (Å²) in [4.78, 5) is 27.5. The molecule has 0 spiro atoms. The van der Waals surface area contributed by atoms with E-state index in [-0.39, 0.29) is 16.4 Å². The highest BCUT2D eigenvalue weighted by Gasteiger charge is 2.47. The Morgan fingerprint density at radius 2 is 1.78 bits per heavy atom. The highest BCUT2D eigenvalue weighted by Crippen LogP contribution is 2.45. The van der Waals surface area contributed by atoms with Gasteiger partial charge in [0.1, 0.15) is 11.5 Å². The summed E-state index contributed by atoms with van der Waals surface area (Å²) in [6.45, 7) is 2.35. The Morgan fingerprint density at radius 3 is 2.38 bits per heavy atom. The second-order valence-electron chi connectivity index (χ2n) is 7.28. The lowest BCUT2D eigenvalue weighted by Gasteiger charge is -2.27. The van der Waals surface area contributed by atoms with Crippen LogP contribution in [0.1, 0.15) is 36.9 Å². The lowest BCUT2D eigenvalue weighted by atomic mass is 9.94. The lowest BCUT2D eigenvalue weighted by molar-refractivity contribution is -0.139. The standard InChI is InChI=1S/C24H26ClNO6/c1-5-6-12-26-20(15-8-7-9-18(31-3)23(15)32-4)19(22(28)24(26)29)21(27)14-10-11-17(30-2)16(25)13-14/h7-11,13,20,27H,5-6,12H2,1-4H3/b21-19+. The quantitative estimate of drug-likeness (QED) is 0.353. The fraction of sp³-hybridized carbons (Fsp3) is 0.333. The number of ketones is 1. The first-order chi connectivity index (χ1) is 15.4. The molecule has 3 rings (SSSR count). The molecule has 1 atom stereocenters. The highest BCUT2D eigenvalue weighted by atomic mass is 35.5. The third-order valence-electron chi connectivity index (χ3n) is 5.45. The van der Waals surface area contributed by atoms with Gasteiger partial charge in [0.05, 0.1) is 38.0 Å². The van der Waals surface area contributed by atoms with Crippen LogP contribution < -0.4 is 14.2 Å². The van der Waals surface area contributed by atoms with E-state index in [1.807, 2.05) is 6.92 Å². The van der Waals surface area contributed by atoms with Gasteiger partial charge in [-0.3, -0.25) is 9.59 Å². The third kappa shape index (κ3) is 4.12. The number of para-hydroxylation sites is 1. The average molecular weight is 460 g/mol. The van der Waals surface area contributed by atoms with Gasteiger partial charge < -0.3 is 24.2 Å². The second-order valence-corrected chi connectivity index (χ2v) is 7.69. The number of rotatable bonds is 8. The number of amides is 1. The summed E-state index contributed by atoms with van der Waals surface area (Å²) >= 11 is 6.23. The van der Waals surface area contributed by atoms with Crippen LogP contribution in [0, 0.1) is 0 Å². The molecule has 170 valence electrons. The van der Waals surface area contributed by atoms with Gasteiger partial charge in [0.15, 0.2) is 11.5 Å². The Morgan fingerprint density at radius 1 is 1.06 bits per heavy atom. The van der Waals surface area contributed by atoms with Crippen LogP contribution in [0.25, 0.3) is 5.76 Å². The molecular weight excluding hydrogens is 434 g/mol. The number of aliphatic hydroxyl groups excluding tert-OH is 1. The van der Waals surface area contributed by atoms with Crippen molar-refractivity contribution in [2.75, 3.05) is 27.9 Å². The van der Waals surface area contributed by atoms with Crippen molar-refractivity contribution < 1.29 is 28.9 Å². The highest BCUT2D eigenvalue weighted by molar-refractivity contribution is 6.46. The minimum absolute atomic E-state index is 0.0288. The van der Waals surface area contributed by atoms with Crippen LogP contribution in [0.5, 0.6) is 17.2 Å². The third-order valence-corrected chi connectivity index (χ3v) is 5.74. The number of ether oxygens (including phenoxy) is 3. The first-order valence-electron chi connectivity index (χ1n) is 10.2. The van der Waals surface area contributed by atoms with Crippen molar-refractivity contribution in [2.24, 2.45) is 0 Å². The molecule has 0 radical (unpaired) electrons. The molecule has 1 fully saturated rings. The smallest absolute Gasteiger partial charge is 0.295 e. The molecule has 0 aliphatic carbocycles. The Kier molecular flexibility index (Phi) is 7.30. The van der Waals surface area contributed by atoms with Gasteiger partial charge in [-0.15, -0.1) is 0 Å². The number of benzene rings is 2. The molecule has 1 saturated heterocycles. The summed E-state index contributed by atoms with van der Waals surface area (Å²) in [5.41, 5.74) is 0.818. The normalized spacial score (nSPS) is 17.5. The second kappa shape index (κ2) is 9.96. The predicted octanol–water partition coefficient (Wildman–Crippen LogP) is 4.59. The molecule has 0 aromatic heterocycles. The van der Waals surface area contributed by atoms with Crippen LogP contribution >= 0.6 is 11.6 Å². The molecule has 2 aromatic carbocycles. The number of carbonyl (C=O) groups excluding carboxylic acids is 2. The molecule has 1 heterocycles. The first kappa shape index (κ1) is 23.5. The van der Waals surface area contributed by atoms with Crippen molar-refractivity contribution in [1.82, 2.24) is 4.90 Å². The number of methoxy groups -OCH3 is 3. The van der Waals surface area contributed by atoms with Gasteiger partial charge in [0, 0.05) is 17.7 Å². The number of nitrogens with zero attached hydrogens (tertiary/aromatic N) is 1. The maximum Gasteiger partial charge on any atom is 0.295 e. The summed E-state index contributed by atoms with van der Waals surface area (Å²) < 4.78 is 16.1. The molecule has 32 heavy (non-hydrogen) atoms. The maximum absolute atomic E-state index is 13.1. The van der Waals surface area contributed by atoms with Crippen molar-refractivity contribution in [3.63, 3.8) is 0 Å². The summed E-state index contributed by atoms with van der Waals surface area (Å²) in [5.74, 6) is -0.477. The van der Waals surface area contributed by atoms with Crippen LogP contribution in [0.4, 0.5) is 0 Å². The van der Waals surface area contributed by atoms with E-state index in [4.69, 9.17) is 25.8 Å². The number of likely N-dealkylation sites (tertiary alicyclic amines) is 1. The molecule has 1 aliphatic heterocycles. The zero-order valence-electron chi connectivity index (χ0n) is 18.5. The molecule has 1 amide bonds. The number of carbonyl (C=O) groups is 2.